The fourth-order valence-electron chi connectivity index (χ4n) is 3.77. The summed E-state index contributed by atoms with van der Waals surface area (Å²) in [5.41, 5.74) is 2.73. The van der Waals surface area contributed by atoms with E-state index in [0.29, 0.717) is 40.3 Å². The second-order valence-electron chi connectivity index (χ2n) is 7.97. The van der Waals surface area contributed by atoms with Crippen LogP contribution in [0.15, 0.2) is 36.7 Å². The zero-order valence-electron chi connectivity index (χ0n) is 19.3. The topological polar surface area (TPSA) is 98.5 Å². The third-order valence-electron chi connectivity index (χ3n) is 5.19. The van der Waals surface area contributed by atoms with Crippen molar-refractivity contribution in [3.05, 3.63) is 52.3 Å². The number of halogens is 1. The Morgan fingerprint density at radius 3 is 2.71 bits per heavy atom. The number of fused-ring (bicyclic) bond motifs is 1. The van der Waals surface area contributed by atoms with Gasteiger partial charge in [-0.25, -0.2) is 14.8 Å². The minimum Gasteiger partial charge on any atom is -0.496 e. The van der Waals surface area contributed by atoms with Crippen molar-refractivity contribution >= 4 is 45.6 Å². The van der Waals surface area contributed by atoms with E-state index in [-0.39, 0.29) is 11.0 Å². The summed E-state index contributed by atoms with van der Waals surface area (Å²) in [6.45, 7) is 7.06. The van der Waals surface area contributed by atoms with E-state index in [1.807, 2.05) is 32.9 Å². The van der Waals surface area contributed by atoms with E-state index in [9.17, 15) is 9.90 Å². The standard InChI is InChI=1S/C24H25ClN4O4S/c1-13(2)33-20-11-21(34-23(20)24(30)31)17-10-22(28-12-27-17)26-5-6-29-14(3)7-16-18(29)8-15(25)9-19(16)32-4/h7-13H,5-6H2,1-4H3,(H,30,31)(H,26,27,28). The summed E-state index contributed by atoms with van der Waals surface area (Å²) < 4.78 is 13.3. The summed E-state index contributed by atoms with van der Waals surface area (Å²) in [5.74, 6) is 0.714. The normalized spacial score (nSPS) is 11.2. The van der Waals surface area contributed by atoms with Crippen molar-refractivity contribution in [3.8, 4) is 22.1 Å². The van der Waals surface area contributed by atoms with E-state index in [1.54, 1.807) is 19.2 Å². The number of hydrogen-bond acceptors (Lipinski definition) is 7. The Balaban J connectivity index is 1.52. The van der Waals surface area contributed by atoms with Gasteiger partial charge in [0.1, 0.15) is 23.6 Å². The van der Waals surface area contributed by atoms with Crippen LogP contribution in [0, 0.1) is 6.92 Å². The van der Waals surface area contributed by atoms with Crippen molar-refractivity contribution < 1.29 is 19.4 Å². The highest BCUT2D eigenvalue weighted by Crippen LogP contribution is 2.36. The first kappa shape index (κ1) is 23.8. The second-order valence-corrected chi connectivity index (χ2v) is 9.46. The Labute approximate surface area is 206 Å². The molecule has 0 atom stereocenters. The summed E-state index contributed by atoms with van der Waals surface area (Å²) in [6, 6.07) is 9.35. The van der Waals surface area contributed by atoms with Gasteiger partial charge in [-0.3, -0.25) is 0 Å². The number of carboxylic acid groups (broad SMARTS) is 1. The van der Waals surface area contributed by atoms with Crippen molar-refractivity contribution in [1.82, 2.24) is 14.5 Å². The van der Waals surface area contributed by atoms with Gasteiger partial charge in [0.05, 0.1) is 29.3 Å². The van der Waals surface area contributed by atoms with Crippen LogP contribution < -0.4 is 14.8 Å². The van der Waals surface area contributed by atoms with Crippen molar-refractivity contribution in [2.75, 3.05) is 19.0 Å². The molecule has 4 aromatic rings. The maximum atomic E-state index is 11.6. The molecule has 0 amide bonds. The quantitative estimate of drug-likeness (QED) is 0.303. The number of nitrogens with one attached hydrogen (secondary N) is 1. The Kier molecular flexibility index (Phi) is 6.95. The van der Waals surface area contributed by atoms with Gasteiger partial charge in [0, 0.05) is 41.3 Å². The number of rotatable bonds is 9. The molecule has 0 aliphatic heterocycles. The molecule has 0 unspecified atom stereocenters. The van der Waals surface area contributed by atoms with Gasteiger partial charge in [0.15, 0.2) is 4.88 Å². The highest BCUT2D eigenvalue weighted by atomic mass is 35.5. The Bertz CT molecular complexity index is 1350. The smallest absolute Gasteiger partial charge is 0.349 e. The molecule has 34 heavy (non-hydrogen) atoms. The third-order valence-corrected chi connectivity index (χ3v) is 6.54. The fraction of sp³-hybridized carbons (Fsp3) is 0.292. The van der Waals surface area contributed by atoms with Crippen molar-refractivity contribution in [2.24, 2.45) is 0 Å². The molecule has 3 aromatic heterocycles. The lowest BCUT2D eigenvalue weighted by atomic mass is 10.2. The van der Waals surface area contributed by atoms with Crippen LogP contribution in [0.2, 0.25) is 5.02 Å². The summed E-state index contributed by atoms with van der Waals surface area (Å²) in [6.07, 6.45) is 1.33. The summed E-state index contributed by atoms with van der Waals surface area (Å²) >= 11 is 7.41. The molecular formula is C24H25ClN4O4S. The molecule has 0 fully saturated rings. The Morgan fingerprint density at radius 1 is 1.21 bits per heavy atom. The number of carboxylic acids is 1. The fourth-order valence-corrected chi connectivity index (χ4v) is 4.87. The van der Waals surface area contributed by atoms with Crippen LogP contribution in [0.25, 0.3) is 21.5 Å². The van der Waals surface area contributed by atoms with Crippen LogP contribution in [0.3, 0.4) is 0 Å². The van der Waals surface area contributed by atoms with Gasteiger partial charge in [-0.15, -0.1) is 11.3 Å². The molecule has 0 radical (unpaired) electrons. The molecule has 0 aliphatic carbocycles. The number of aromatic carboxylic acids is 1. The maximum Gasteiger partial charge on any atom is 0.349 e. The van der Waals surface area contributed by atoms with E-state index in [1.165, 1.54) is 6.33 Å². The largest absolute Gasteiger partial charge is 0.496 e. The molecular weight excluding hydrogens is 476 g/mol. The highest BCUT2D eigenvalue weighted by molar-refractivity contribution is 7.17. The zero-order chi connectivity index (χ0) is 24.4. The molecule has 4 rings (SSSR count). The predicted molar refractivity (Wildman–Crippen MR) is 135 cm³/mol. The first-order chi connectivity index (χ1) is 16.3. The number of benzene rings is 1. The predicted octanol–water partition coefficient (Wildman–Crippen LogP) is 5.73. The van der Waals surface area contributed by atoms with Crippen LogP contribution in [0.4, 0.5) is 5.82 Å². The van der Waals surface area contributed by atoms with Gasteiger partial charge in [-0.1, -0.05) is 11.6 Å². The number of aromatic nitrogens is 3. The molecule has 3 heterocycles. The molecule has 178 valence electrons. The molecule has 0 spiro atoms. The van der Waals surface area contributed by atoms with Crippen molar-refractivity contribution in [1.29, 1.82) is 0 Å². The number of hydrogen-bond donors (Lipinski definition) is 2. The highest BCUT2D eigenvalue weighted by Gasteiger charge is 2.19. The van der Waals surface area contributed by atoms with Gasteiger partial charge in [0.2, 0.25) is 0 Å². The van der Waals surface area contributed by atoms with E-state index in [2.05, 4.69) is 25.9 Å². The molecule has 0 saturated carbocycles. The SMILES string of the molecule is COc1cc(Cl)cc2c1cc(C)n2CCNc1cc(-c2cc(OC(C)C)c(C(=O)O)s2)ncn1. The van der Waals surface area contributed by atoms with Gasteiger partial charge < -0.3 is 24.5 Å². The van der Waals surface area contributed by atoms with Gasteiger partial charge in [-0.2, -0.15) is 0 Å². The van der Waals surface area contributed by atoms with E-state index < -0.39 is 5.97 Å². The van der Waals surface area contributed by atoms with Crippen LogP contribution >= 0.6 is 22.9 Å². The van der Waals surface area contributed by atoms with Crippen molar-refractivity contribution in [3.63, 3.8) is 0 Å². The van der Waals surface area contributed by atoms with Gasteiger partial charge >= 0.3 is 5.97 Å². The average molecular weight is 501 g/mol. The molecule has 2 N–H and O–H groups in total. The third kappa shape index (κ3) is 4.95. The lowest BCUT2D eigenvalue weighted by Gasteiger charge is -2.11. The first-order valence-corrected chi connectivity index (χ1v) is 11.9. The second kappa shape index (κ2) is 9.90. The summed E-state index contributed by atoms with van der Waals surface area (Å²) in [4.78, 5) is 21.1. The van der Waals surface area contributed by atoms with Crippen LogP contribution in [-0.2, 0) is 6.54 Å². The minimum atomic E-state index is -1.02. The monoisotopic (exact) mass is 500 g/mol. The van der Waals surface area contributed by atoms with E-state index >= 15 is 0 Å². The molecule has 0 saturated heterocycles. The summed E-state index contributed by atoms with van der Waals surface area (Å²) in [5, 5.41) is 14.5. The minimum absolute atomic E-state index is 0.133. The number of thiophene rings is 1. The van der Waals surface area contributed by atoms with Crippen molar-refractivity contribution in [2.45, 2.75) is 33.4 Å². The molecule has 0 aliphatic rings. The number of ether oxygens (including phenoxy) is 2. The van der Waals surface area contributed by atoms with Crippen LogP contribution in [-0.4, -0.2) is 45.4 Å². The van der Waals surface area contributed by atoms with E-state index in [0.717, 1.165) is 33.7 Å². The molecule has 1 aromatic carbocycles. The first-order valence-electron chi connectivity index (χ1n) is 10.7. The molecule has 8 nitrogen and oxygen atoms in total. The lowest BCUT2D eigenvalue weighted by Crippen LogP contribution is -2.12. The summed E-state index contributed by atoms with van der Waals surface area (Å²) in [7, 11) is 1.64. The molecule has 10 heteroatoms. The number of nitrogens with zero attached hydrogens (tertiary/aromatic N) is 3. The van der Waals surface area contributed by atoms with Crippen LogP contribution in [0.1, 0.15) is 29.2 Å². The Morgan fingerprint density at radius 2 is 2.00 bits per heavy atom. The number of aryl methyl sites for hydroxylation is 1. The maximum absolute atomic E-state index is 11.6. The molecule has 0 bridgehead atoms. The zero-order valence-corrected chi connectivity index (χ0v) is 20.8. The number of methoxy groups -OCH3 is 1. The Hall–Kier alpha value is -3.30. The average Bonchev–Trinajstić information content (AvgIpc) is 3.34. The van der Waals surface area contributed by atoms with E-state index in [4.69, 9.17) is 21.1 Å². The number of carbonyl (C=O) groups is 1. The van der Waals surface area contributed by atoms with Gasteiger partial charge in [0.25, 0.3) is 0 Å². The van der Waals surface area contributed by atoms with Crippen LogP contribution in [0.5, 0.6) is 11.5 Å². The lowest BCUT2D eigenvalue weighted by molar-refractivity contribution is 0.0696. The van der Waals surface area contributed by atoms with Gasteiger partial charge in [-0.05, 0) is 39.0 Å². The number of anilines is 1.